The highest BCUT2D eigenvalue weighted by molar-refractivity contribution is 5.95. The number of pyridine rings is 1. The molecule has 1 heterocycles. The van der Waals surface area contributed by atoms with E-state index in [0.29, 0.717) is 5.82 Å². The normalized spacial score (nSPS) is 11.2. The van der Waals surface area contributed by atoms with Crippen LogP contribution in [0.3, 0.4) is 0 Å². The van der Waals surface area contributed by atoms with E-state index in [2.05, 4.69) is 11.9 Å². The van der Waals surface area contributed by atoms with Gasteiger partial charge >= 0.3 is 6.09 Å². The van der Waals surface area contributed by atoms with Crippen molar-refractivity contribution < 1.29 is 9.53 Å². The molecule has 1 aromatic carbocycles. The van der Waals surface area contributed by atoms with Crippen LogP contribution in [0.4, 0.5) is 16.3 Å². The minimum absolute atomic E-state index is 0.427. The molecule has 0 aliphatic heterocycles. The van der Waals surface area contributed by atoms with Crippen LogP contribution < -0.4 is 4.90 Å². The Labute approximate surface area is 138 Å². The third kappa shape index (κ3) is 4.55. The molecule has 4 heteroatoms. The van der Waals surface area contributed by atoms with Crippen LogP contribution in [0.15, 0.2) is 42.6 Å². The molecule has 2 aromatic rings. The van der Waals surface area contributed by atoms with Gasteiger partial charge in [-0.25, -0.2) is 14.7 Å². The second-order valence-electron chi connectivity index (χ2n) is 6.53. The zero-order valence-corrected chi connectivity index (χ0v) is 14.5. The number of hydrogen-bond acceptors (Lipinski definition) is 3. The summed E-state index contributed by atoms with van der Waals surface area (Å²) in [4.78, 5) is 18.6. The summed E-state index contributed by atoms with van der Waals surface area (Å²) in [7, 11) is 0. The number of hydrogen-bond donors (Lipinski definition) is 0. The number of aromatic nitrogens is 1. The lowest BCUT2D eigenvalue weighted by Gasteiger charge is -2.27. The Kier molecular flexibility index (Phi) is 5.04. The molecule has 1 amide bonds. The summed E-state index contributed by atoms with van der Waals surface area (Å²) < 4.78 is 5.57. The minimum atomic E-state index is -0.568. The van der Waals surface area contributed by atoms with Gasteiger partial charge in [-0.2, -0.15) is 0 Å². The van der Waals surface area contributed by atoms with Crippen molar-refractivity contribution >= 4 is 17.6 Å². The molecule has 4 nitrogen and oxygen atoms in total. The number of rotatable bonds is 3. The van der Waals surface area contributed by atoms with Crippen LogP contribution in [0.25, 0.3) is 0 Å². The number of carbonyl (C=O) groups excluding carboxylic acids is 1. The van der Waals surface area contributed by atoms with Gasteiger partial charge in [0.15, 0.2) is 0 Å². The van der Waals surface area contributed by atoms with Crippen LogP contribution in [0, 0.1) is 6.92 Å². The van der Waals surface area contributed by atoms with Gasteiger partial charge in [0.05, 0.1) is 5.69 Å². The van der Waals surface area contributed by atoms with Crippen LogP contribution >= 0.6 is 0 Å². The molecule has 0 fully saturated rings. The molecular weight excluding hydrogens is 288 g/mol. The lowest BCUT2D eigenvalue weighted by atomic mass is 10.1. The lowest BCUT2D eigenvalue weighted by molar-refractivity contribution is 0.0598. The first-order chi connectivity index (χ1) is 10.8. The van der Waals surface area contributed by atoms with Gasteiger partial charge in [0.1, 0.15) is 11.4 Å². The fourth-order valence-corrected chi connectivity index (χ4v) is 2.20. The molecule has 0 unspecified atom stereocenters. The van der Waals surface area contributed by atoms with Gasteiger partial charge in [0.2, 0.25) is 0 Å². The van der Waals surface area contributed by atoms with Crippen molar-refractivity contribution in [1.29, 1.82) is 0 Å². The number of nitrogens with zero attached hydrogens (tertiary/aromatic N) is 2. The second kappa shape index (κ2) is 6.82. The first-order valence-corrected chi connectivity index (χ1v) is 7.85. The molecule has 0 saturated heterocycles. The standard InChI is InChI=1S/C19H24N2O2/c1-6-15-8-7-9-16(13-15)21(18(22)23-19(3,4)5)17-12-14(2)10-11-20-17/h7-13H,6H2,1-5H3. The molecule has 0 saturated carbocycles. The predicted molar refractivity (Wildman–Crippen MR) is 93.2 cm³/mol. The molecule has 0 radical (unpaired) electrons. The Morgan fingerprint density at radius 3 is 2.57 bits per heavy atom. The number of amides is 1. The first-order valence-electron chi connectivity index (χ1n) is 7.85. The molecule has 2 rings (SSSR count). The van der Waals surface area contributed by atoms with Crippen molar-refractivity contribution in [1.82, 2.24) is 4.98 Å². The van der Waals surface area contributed by atoms with Crippen molar-refractivity contribution in [3.05, 3.63) is 53.7 Å². The molecule has 23 heavy (non-hydrogen) atoms. The fourth-order valence-electron chi connectivity index (χ4n) is 2.20. The molecular formula is C19H24N2O2. The van der Waals surface area contributed by atoms with E-state index in [1.807, 2.05) is 64.1 Å². The maximum Gasteiger partial charge on any atom is 0.420 e. The van der Waals surface area contributed by atoms with Crippen molar-refractivity contribution in [2.24, 2.45) is 0 Å². The smallest absolute Gasteiger partial charge is 0.420 e. The topological polar surface area (TPSA) is 42.4 Å². The monoisotopic (exact) mass is 312 g/mol. The Balaban J connectivity index is 2.48. The first kappa shape index (κ1) is 17.0. The molecule has 0 aliphatic carbocycles. The molecule has 1 aromatic heterocycles. The van der Waals surface area contributed by atoms with E-state index < -0.39 is 11.7 Å². The van der Waals surface area contributed by atoms with Gasteiger partial charge in [0, 0.05) is 6.20 Å². The summed E-state index contributed by atoms with van der Waals surface area (Å²) in [6.07, 6.45) is 2.17. The molecule has 0 aliphatic rings. The summed E-state index contributed by atoms with van der Waals surface area (Å²) in [6.45, 7) is 9.63. The number of aryl methyl sites for hydroxylation is 2. The molecule has 0 bridgehead atoms. The summed E-state index contributed by atoms with van der Waals surface area (Å²) >= 11 is 0. The summed E-state index contributed by atoms with van der Waals surface area (Å²) in [5, 5.41) is 0. The van der Waals surface area contributed by atoms with Crippen LogP contribution in [0.2, 0.25) is 0 Å². The zero-order chi connectivity index (χ0) is 17.0. The minimum Gasteiger partial charge on any atom is -0.443 e. The maximum atomic E-state index is 12.7. The van der Waals surface area contributed by atoms with E-state index in [1.54, 1.807) is 6.20 Å². The SMILES string of the molecule is CCc1cccc(N(C(=O)OC(C)(C)C)c2cc(C)ccn2)c1. The van der Waals surface area contributed by atoms with Gasteiger partial charge in [-0.1, -0.05) is 19.1 Å². The van der Waals surface area contributed by atoms with Gasteiger partial charge < -0.3 is 4.74 Å². The summed E-state index contributed by atoms with van der Waals surface area (Å²) in [5.74, 6) is 0.563. The second-order valence-corrected chi connectivity index (χ2v) is 6.53. The summed E-state index contributed by atoms with van der Waals surface area (Å²) in [6, 6.07) is 11.7. The third-order valence-corrected chi connectivity index (χ3v) is 3.28. The van der Waals surface area contributed by atoms with Gasteiger partial charge in [-0.3, -0.25) is 0 Å². The molecule has 122 valence electrons. The van der Waals surface area contributed by atoms with E-state index in [0.717, 1.165) is 23.2 Å². The highest BCUT2D eigenvalue weighted by atomic mass is 16.6. The van der Waals surface area contributed by atoms with E-state index in [9.17, 15) is 4.79 Å². The largest absolute Gasteiger partial charge is 0.443 e. The van der Waals surface area contributed by atoms with Crippen LogP contribution in [0.5, 0.6) is 0 Å². The Bertz CT molecular complexity index is 690. The van der Waals surface area contributed by atoms with E-state index in [1.165, 1.54) is 4.90 Å². The average molecular weight is 312 g/mol. The Morgan fingerprint density at radius 1 is 1.22 bits per heavy atom. The van der Waals surface area contributed by atoms with Crippen molar-refractivity contribution in [3.8, 4) is 0 Å². The van der Waals surface area contributed by atoms with Gasteiger partial charge in [-0.15, -0.1) is 0 Å². The quantitative estimate of drug-likeness (QED) is 0.798. The Hall–Kier alpha value is -2.36. The number of ether oxygens (including phenoxy) is 1. The van der Waals surface area contributed by atoms with Crippen LogP contribution in [-0.4, -0.2) is 16.7 Å². The maximum absolute atomic E-state index is 12.7. The van der Waals surface area contributed by atoms with E-state index in [4.69, 9.17) is 4.74 Å². The Morgan fingerprint density at radius 2 is 1.96 bits per heavy atom. The van der Waals surface area contributed by atoms with Crippen molar-refractivity contribution in [3.63, 3.8) is 0 Å². The highest BCUT2D eigenvalue weighted by Crippen LogP contribution is 2.27. The van der Waals surface area contributed by atoms with Crippen molar-refractivity contribution in [2.45, 2.75) is 46.6 Å². The highest BCUT2D eigenvalue weighted by Gasteiger charge is 2.26. The summed E-state index contributed by atoms with van der Waals surface area (Å²) in [5.41, 5.74) is 2.39. The number of benzene rings is 1. The molecule has 0 atom stereocenters. The number of carbonyl (C=O) groups is 1. The predicted octanol–water partition coefficient (Wildman–Crippen LogP) is 5.03. The third-order valence-electron chi connectivity index (χ3n) is 3.28. The van der Waals surface area contributed by atoms with E-state index in [-0.39, 0.29) is 0 Å². The fraction of sp³-hybridized carbons (Fsp3) is 0.368. The number of anilines is 2. The van der Waals surface area contributed by atoms with Crippen LogP contribution in [0.1, 0.15) is 38.8 Å². The van der Waals surface area contributed by atoms with Gasteiger partial charge in [0.25, 0.3) is 0 Å². The average Bonchev–Trinajstić information content (AvgIpc) is 2.46. The zero-order valence-electron chi connectivity index (χ0n) is 14.5. The van der Waals surface area contributed by atoms with Gasteiger partial charge in [-0.05, 0) is 69.5 Å². The molecule has 0 spiro atoms. The van der Waals surface area contributed by atoms with E-state index >= 15 is 0 Å². The lowest BCUT2D eigenvalue weighted by Crippen LogP contribution is -2.34. The van der Waals surface area contributed by atoms with Crippen LogP contribution in [-0.2, 0) is 11.2 Å². The molecule has 0 N–H and O–H groups in total. The van der Waals surface area contributed by atoms with Crippen molar-refractivity contribution in [2.75, 3.05) is 4.90 Å².